The van der Waals surface area contributed by atoms with Crippen molar-refractivity contribution in [2.24, 2.45) is 5.92 Å². The molecule has 0 heterocycles. The van der Waals surface area contributed by atoms with Crippen LogP contribution in [0.25, 0.3) is 0 Å². The van der Waals surface area contributed by atoms with E-state index in [0.29, 0.717) is 18.1 Å². The third-order valence-electron chi connectivity index (χ3n) is 2.05. The fourth-order valence-corrected chi connectivity index (χ4v) is 1.11. The van der Waals surface area contributed by atoms with Gasteiger partial charge >= 0.3 is 0 Å². The first-order valence-electron chi connectivity index (χ1n) is 4.92. The maximum Gasteiger partial charge on any atom is 0.133 e. The van der Waals surface area contributed by atoms with E-state index in [1.165, 1.54) is 0 Å². The van der Waals surface area contributed by atoms with E-state index < -0.39 is 0 Å². The predicted molar refractivity (Wildman–Crippen MR) is 53.1 cm³/mol. The number of ketones is 1. The Balaban J connectivity index is 3.82. The molecule has 0 fully saturated rings. The van der Waals surface area contributed by atoms with E-state index in [4.69, 9.17) is 0 Å². The molecule has 0 aliphatic rings. The van der Waals surface area contributed by atoms with E-state index in [0.717, 1.165) is 19.3 Å². The molecule has 0 aromatic rings. The standard InChI is InChI=1S/C11H20O/c1-4-7-8-10(5-2)9-11(12)6-3/h7-8,10H,4-6,9H2,1-3H3/b8-7+. The van der Waals surface area contributed by atoms with E-state index >= 15 is 0 Å². The van der Waals surface area contributed by atoms with Gasteiger partial charge in [-0.2, -0.15) is 0 Å². The van der Waals surface area contributed by atoms with E-state index in [9.17, 15) is 4.79 Å². The molecular formula is C11H20O. The van der Waals surface area contributed by atoms with Gasteiger partial charge in [-0.05, 0) is 18.8 Å². The van der Waals surface area contributed by atoms with Gasteiger partial charge in [0.05, 0.1) is 0 Å². The van der Waals surface area contributed by atoms with Crippen molar-refractivity contribution in [3.05, 3.63) is 12.2 Å². The van der Waals surface area contributed by atoms with Crippen molar-refractivity contribution in [3.63, 3.8) is 0 Å². The van der Waals surface area contributed by atoms with Gasteiger partial charge in [-0.1, -0.05) is 32.9 Å². The van der Waals surface area contributed by atoms with Crippen LogP contribution in [-0.2, 0) is 4.79 Å². The summed E-state index contributed by atoms with van der Waals surface area (Å²) >= 11 is 0. The average Bonchev–Trinajstić information content (AvgIpc) is 2.11. The molecule has 12 heavy (non-hydrogen) atoms. The summed E-state index contributed by atoms with van der Waals surface area (Å²) in [6.07, 6.45) is 7.86. The maximum absolute atomic E-state index is 11.1. The van der Waals surface area contributed by atoms with Gasteiger partial charge < -0.3 is 0 Å². The lowest BCUT2D eigenvalue weighted by molar-refractivity contribution is -0.119. The Hall–Kier alpha value is -0.590. The van der Waals surface area contributed by atoms with Gasteiger partial charge in [-0.3, -0.25) is 4.79 Å². The second kappa shape index (κ2) is 7.08. The highest BCUT2D eigenvalue weighted by atomic mass is 16.1. The zero-order valence-corrected chi connectivity index (χ0v) is 8.47. The molecule has 70 valence electrons. The van der Waals surface area contributed by atoms with Crippen molar-refractivity contribution in [2.75, 3.05) is 0 Å². The quantitative estimate of drug-likeness (QED) is 0.556. The minimum Gasteiger partial charge on any atom is -0.300 e. The fourth-order valence-electron chi connectivity index (χ4n) is 1.11. The number of allylic oxidation sites excluding steroid dienone is 2. The van der Waals surface area contributed by atoms with Gasteiger partial charge in [-0.25, -0.2) is 0 Å². The molecular weight excluding hydrogens is 148 g/mol. The van der Waals surface area contributed by atoms with Crippen molar-refractivity contribution in [3.8, 4) is 0 Å². The van der Waals surface area contributed by atoms with E-state index in [-0.39, 0.29) is 0 Å². The summed E-state index contributed by atoms with van der Waals surface area (Å²) in [6, 6.07) is 0. The van der Waals surface area contributed by atoms with Crippen LogP contribution < -0.4 is 0 Å². The first-order valence-corrected chi connectivity index (χ1v) is 4.92. The molecule has 0 N–H and O–H groups in total. The SMILES string of the molecule is CC/C=C/C(CC)CC(=O)CC. The van der Waals surface area contributed by atoms with Gasteiger partial charge in [-0.15, -0.1) is 0 Å². The Morgan fingerprint density at radius 1 is 1.33 bits per heavy atom. The van der Waals surface area contributed by atoms with E-state index in [1.807, 2.05) is 6.92 Å². The summed E-state index contributed by atoms with van der Waals surface area (Å²) in [5, 5.41) is 0. The topological polar surface area (TPSA) is 17.1 Å². The molecule has 0 aliphatic heterocycles. The maximum atomic E-state index is 11.1. The lowest BCUT2D eigenvalue weighted by Crippen LogP contribution is -2.03. The van der Waals surface area contributed by atoms with Crippen LogP contribution in [0, 0.1) is 5.92 Å². The van der Waals surface area contributed by atoms with Crippen molar-refractivity contribution < 1.29 is 4.79 Å². The molecule has 1 unspecified atom stereocenters. The molecule has 0 radical (unpaired) electrons. The molecule has 0 spiro atoms. The molecule has 0 saturated heterocycles. The Morgan fingerprint density at radius 3 is 2.42 bits per heavy atom. The van der Waals surface area contributed by atoms with Gasteiger partial charge in [0, 0.05) is 12.8 Å². The zero-order chi connectivity index (χ0) is 9.40. The minimum absolute atomic E-state index is 0.377. The largest absolute Gasteiger partial charge is 0.300 e. The molecule has 1 nitrogen and oxygen atoms in total. The van der Waals surface area contributed by atoms with Crippen molar-refractivity contribution >= 4 is 5.78 Å². The number of Topliss-reactive ketones (excluding diaryl/α,β-unsaturated/α-hetero) is 1. The van der Waals surface area contributed by atoms with Crippen LogP contribution >= 0.6 is 0 Å². The molecule has 1 atom stereocenters. The van der Waals surface area contributed by atoms with Gasteiger partial charge in [0.25, 0.3) is 0 Å². The van der Waals surface area contributed by atoms with Crippen LogP contribution in [0.1, 0.15) is 46.5 Å². The van der Waals surface area contributed by atoms with Crippen molar-refractivity contribution in [2.45, 2.75) is 46.5 Å². The highest BCUT2D eigenvalue weighted by molar-refractivity contribution is 5.78. The molecule has 1 heteroatoms. The number of hydrogen-bond donors (Lipinski definition) is 0. The van der Waals surface area contributed by atoms with Gasteiger partial charge in [0.1, 0.15) is 5.78 Å². The average molecular weight is 168 g/mol. The summed E-state index contributed by atoms with van der Waals surface area (Å²) < 4.78 is 0. The van der Waals surface area contributed by atoms with E-state index in [2.05, 4.69) is 26.0 Å². The van der Waals surface area contributed by atoms with Gasteiger partial charge in [0.15, 0.2) is 0 Å². The van der Waals surface area contributed by atoms with Crippen LogP contribution in [0.2, 0.25) is 0 Å². The minimum atomic E-state index is 0.377. The monoisotopic (exact) mass is 168 g/mol. The second-order valence-electron chi connectivity index (χ2n) is 3.10. The Labute approximate surface area is 75.9 Å². The third kappa shape index (κ3) is 5.11. The van der Waals surface area contributed by atoms with Crippen LogP contribution in [-0.4, -0.2) is 5.78 Å². The highest BCUT2D eigenvalue weighted by Gasteiger charge is 2.06. The molecule has 0 saturated carbocycles. The third-order valence-corrected chi connectivity index (χ3v) is 2.05. The lowest BCUT2D eigenvalue weighted by atomic mass is 9.98. The summed E-state index contributed by atoms with van der Waals surface area (Å²) in [4.78, 5) is 11.1. The van der Waals surface area contributed by atoms with Crippen LogP contribution in [0.5, 0.6) is 0 Å². The smallest absolute Gasteiger partial charge is 0.133 e. The predicted octanol–water partition coefficient (Wildman–Crippen LogP) is 3.35. The van der Waals surface area contributed by atoms with Crippen LogP contribution in [0.4, 0.5) is 0 Å². The van der Waals surface area contributed by atoms with Crippen molar-refractivity contribution in [1.82, 2.24) is 0 Å². The Kier molecular flexibility index (Phi) is 6.73. The molecule has 0 aromatic carbocycles. The number of rotatable bonds is 6. The molecule has 0 aromatic heterocycles. The Morgan fingerprint density at radius 2 is 2.00 bits per heavy atom. The highest BCUT2D eigenvalue weighted by Crippen LogP contribution is 2.11. The van der Waals surface area contributed by atoms with Crippen LogP contribution in [0.3, 0.4) is 0 Å². The normalized spacial score (nSPS) is 13.6. The Bertz CT molecular complexity index is 147. The molecule has 0 bridgehead atoms. The molecule has 0 rings (SSSR count). The number of carbonyl (C=O) groups is 1. The second-order valence-corrected chi connectivity index (χ2v) is 3.10. The zero-order valence-electron chi connectivity index (χ0n) is 8.47. The summed E-state index contributed by atoms with van der Waals surface area (Å²) in [5.74, 6) is 0.847. The van der Waals surface area contributed by atoms with Crippen LogP contribution in [0.15, 0.2) is 12.2 Å². The van der Waals surface area contributed by atoms with Crippen molar-refractivity contribution in [1.29, 1.82) is 0 Å². The lowest BCUT2D eigenvalue weighted by Gasteiger charge is -2.07. The summed E-state index contributed by atoms with van der Waals surface area (Å²) in [5.41, 5.74) is 0. The first kappa shape index (κ1) is 11.4. The summed E-state index contributed by atoms with van der Waals surface area (Å²) in [6.45, 7) is 6.18. The molecule has 0 amide bonds. The van der Waals surface area contributed by atoms with E-state index in [1.54, 1.807) is 0 Å². The summed E-state index contributed by atoms with van der Waals surface area (Å²) in [7, 11) is 0. The van der Waals surface area contributed by atoms with Gasteiger partial charge in [0.2, 0.25) is 0 Å². The molecule has 0 aliphatic carbocycles. The number of carbonyl (C=O) groups excluding carboxylic acids is 1. The fraction of sp³-hybridized carbons (Fsp3) is 0.727. The first-order chi connectivity index (χ1) is 5.74. The number of hydrogen-bond acceptors (Lipinski definition) is 1.